The van der Waals surface area contributed by atoms with Crippen molar-refractivity contribution in [2.75, 3.05) is 46.3 Å². The van der Waals surface area contributed by atoms with Crippen LogP contribution in [0.25, 0.3) is 0 Å². The third kappa shape index (κ3) is 9.45. The zero-order valence-electron chi connectivity index (χ0n) is 12.6. The van der Waals surface area contributed by atoms with E-state index in [1.165, 1.54) is 39.1 Å². The molecule has 1 rings (SSSR count). The Balaban J connectivity index is 0.00000324. The Hall–Kier alpha value is -0.0800. The average molecular weight is 383 g/mol. The van der Waals surface area contributed by atoms with E-state index in [0.29, 0.717) is 12.0 Å². The van der Waals surface area contributed by atoms with Gasteiger partial charge in [0, 0.05) is 38.8 Å². The van der Waals surface area contributed by atoms with Gasteiger partial charge < -0.3 is 20.9 Å². The molecular weight excluding hydrogens is 353 g/mol. The molecule has 6 heteroatoms. The largest absolute Gasteiger partial charge is 0.370 e. The summed E-state index contributed by atoms with van der Waals surface area (Å²) in [5.41, 5.74) is 5.74. The molecule has 0 aromatic carbocycles. The fraction of sp³-hybridized carbons (Fsp3) is 0.923. The first-order valence-corrected chi connectivity index (χ1v) is 7.05. The maximum atomic E-state index is 5.74. The van der Waals surface area contributed by atoms with Gasteiger partial charge in [-0.3, -0.25) is 4.99 Å². The van der Waals surface area contributed by atoms with Gasteiger partial charge in [0.25, 0.3) is 0 Å². The van der Waals surface area contributed by atoms with Crippen molar-refractivity contribution in [3.05, 3.63) is 0 Å². The Kier molecular flexibility index (Phi) is 10.6. The zero-order chi connectivity index (χ0) is 13.4. The first kappa shape index (κ1) is 18.9. The fourth-order valence-corrected chi connectivity index (χ4v) is 2.06. The minimum absolute atomic E-state index is 0. The number of piperazine rings is 1. The average Bonchev–Trinajstić information content (AvgIpc) is 2.30. The van der Waals surface area contributed by atoms with E-state index in [-0.39, 0.29) is 24.0 Å². The van der Waals surface area contributed by atoms with E-state index < -0.39 is 0 Å². The minimum Gasteiger partial charge on any atom is -0.370 e. The van der Waals surface area contributed by atoms with Gasteiger partial charge in [-0.2, -0.15) is 0 Å². The molecule has 1 saturated heterocycles. The SMILES string of the molecule is CC(C)NC(N)=NCCCCN1CCN(C)CC1.I. The molecule has 0 spiro atoms. The van der Waals surface area contributed by atoms with Crippen LogP contribution in [0.1, 0.15) is 26.7 Å². The molecule has 0 saturated carbocycles. The summed E-state index contributed by atoms with van der Waals surface area (Å²) in [6.45, 7) is 11.0. The summed E-state index contributed by atoms with van der Waals surface area (Å²) in [6, 6.07) is 0.360. The molecule has 1 fully saturated rings. The molecule has 0 bridgehead atoms. The van der Waals surface area contributed by atoms with Crippen molar-refractivity contribution in [2.45, 2.75) is 32.7 Å². The molecule has 0 unspecified atom stereocenters. The van der Waals surface area contributed by atoms with Crippen molar-refractivity contribution >= 4 is 29.9 Å². The number of aliphatic imine (C=N–C) groups is 1. The van der Waals surface area contributed by atoms with Crippen LogP contribution in [0.15, 0.2) is 4.99 Å². The molecule has 0 aromatic rings. The van der Waals surface area contributed by atoms with Crippen LogP contribution >= 0.6 is 24.0 Å². The lowest BCUT2D eigenvalue weighted by molar-refractivity contribution is 0.152. The Labute approximate surface area is 135 Å². The first-order valence-electron chi connectivity index (χ1n) is 7.05. The van der Waals surface area contributed by atoms with Crippen LogP contribution in [-0.2, 0) is 0 Å². The van der Waals surface area contributed by atoms with E-state index in [1.54, 1.807) is 0 Å². The molecule has 0 aliphatic carbocycles. The van der Waals surface area contributed by atoms with Crippen molar-refractivity contribution in [2.24, 2.45) is 10.7 Å². The van der Waals surface area contributed by atoms with Crippen LogP contribution in [0.3, 0.4) is 0 Å². The highest BCUT2D eigenvalue weighted by Crippen LogP contribution is 2.01. The molecule has 19 heavy (non-hydrogen) atoms. The predicted octanol–water partition coefficient (Wildman–Crippen LogP) is 0.945. The molecule has 1 aliphatic heterocycles. The van der Waals surface area contributed by atoms with Gasteiger partial charge in [0.2, 0.25) is 0 Å². The van der Waals surface area contributed by atoms with E-state index in [9.17, 15) is 0 Å². The second-order valence-electron chi connectivity index (χ2n) is 5.42. The van der Waals surface area contributed by atoms with E-state index in [2.05, 4.69) is 41.0 Å². The van der Waals surface area contributed by atoms with Crippen molar-refractivity contribution < 1.29 is 0 Å². The number of rotatable bonds is 6. The molecule has 0 aromatic heterocycles. The Morgan fingerprint density at radius 1 is 1.21 bits per heavy atom. The summed E-state index contributed by atoms with van der Waals surface area (Å²) in [4.78, 5) is 9.24. The summed E-state index contributed by atoms with van der Waals surface area (Å²) in [5.74, 6) is 0.574. The summed E-state index contributed by atoms with van der Waals surface area (Å²) in [6.07, 6.45) is 2.33. The maximum absolute atomic E-state index is 5.74. The number of halogens is 1. The Bertz CT molecular complexity index is 249. The van der Waals surface area contributed by atoms with Gasteiger partial charge in [-0.25, -0.2) is 0 Å². The molecule has 114 valence electrons. The highest BCUT2D eigenvalue weighted by atomic mass is 127. The monoisotopic (exact) mass is 383 g/mol. The normalized spacial score (nSPS) is 18.4. The van der Waals surface area contributed by atoms with Crippen molar-refractivity contribution in [3.8, 4) is 0 Å². The zero-order valence-corrected chi connectivity index (χ0v) is 14.9. The number of guanidine groups is 1. The molecular formula is C13H30IN5. The quantitative estimate of drug-likeness (QED) is 0.310. The Morgan fingerprint density at radius 3 is 2.42 bits per heavy atom. The van der Waals surface area contributed by atoms with Crippen molar-refractivity contribution in [1.82, 2.24) is 15.1 Å². The minimum atomic E-state index is 0. The second kappa shape index (κ2) is 10.7. The number of unbranched alkanes of at least 4 members (excludes halogenated alkanes) is 1. The van der Waals surface area contributed by atoms with Gasteiger partial charge in [-0.15, -0.1) is 24.0 Å². The second-order valence-corrected chi connectivity index (χ2v) is 5.42. The summed E-state index contributed by atoms with van der Waals surface area (Å²) >= 11 is 0. The number of nitrogens with zero attached hydrogens (tertiary/aromatic N) is 3. The van der Waals surface area contributed by atoms with Crippen molar-refractivity contribution in [1.29, 1.82) is 0 Å². The van der Waals surface area contributed by atoms with Crippen molar-refractivity contribution in [3.63, 3.8) is 0 Å². The lowest BCUT2D eigenvalue weighted by atomic mass is 10.2. The van der Waals surface area contributed by atoms with Gasteiger partial charge in [-0.05, 0) is 40.3 Å². The molecule has 1 aliphatic rings. The number of hydrogen-bond donors (Lipinski definition) is 2. The molecule has 0 radical (unpaired) electrons. The van der Waals surface area contributed by atoms with Crippen LogP contribution in [0.2, 0.25) is 0 Å². The molecule has 5 nitrogen and oxygen atoms in total. The van der Waals surface area contributed by atoms with Crippen LogP contribution in [0, 0.1) is 0 Å². The predicted molar refractivity (Wildman–Crippen MR) is 93.3 cm³/mol. The Morgan fingerprint density at radius 2 is 1.84 bits per heavy atom. The summed E-state index contributed by atoms with van der Waals surface area (Å²) < 4.78 is 0. The number of nitrogens with two attached hydrogens (primary N) is 1. The number of nitrogens with one attached hydrogen (secondary N) is 1. The lowest BCUT2D eigenvalue weighted by Crippen LogP contribution is -2.44. The molecule has 0 amide bonds. The van der Waals surface area contributed by atoms with E-state index in [0.717, 1.165) is 13.0 Å². The first-order chi connectivity index (χ1) is 8.58. The van der Waals surface area contributed by atoms with E-state index in [1.807, 2.05) is 0 Å². The van der Waals surface area contributed by atoms with E-state index in [4.69, 9.17) is 5.73 Å². The van der Waals surface area contributed by atoms with Gasteiger partial charge in [0.1, 0.15) is 0 Å². The summed E-state index contributed by atoms with van der Waals surface area (Å²) in [7, 11) is 2.19. The highest BCUT2D eigenvalue weighted by molar-refractivity contribution is 14.0. The van der Waals surface area contributed by atoms with Gasteiger partial charge in [0.15, 0.2) is 5.96 Å². The topological polar surface area (TPSA) is 56.9 Å². The molecule has 1 heterocycles. The third-order valence-electron chi connectivity index (χ3n) is 3.20. The van der Waals surface area contributed by atoms with Gasteiger partial charge >= 0.3 is 0 Å². The molecule has 0 atom stereocenters. The number of hydrogen-bond acceptors (Lipinski definition) is 3. The smallest absolute Gasteiger partial charge is 0.188 e. The van der Waals surface area contributed by atoms with Crippen LogP contribution in [0.4, 0.5) is 0 Å². The van der Waals surface area contributed by atoms with Crippen LogP contribution < -0.4 is 11.1 Å². The standard InChI is InChI=1S/C13H29N5.HI/c1-12(2)16-13(14)15-6-4-5-7-18-10-8-17(3)9-11-18;/h12H,4-11H2,1-3H3,(H3,14,15,16);1H. The third-order valence-corrected chi connectivity index (χ3v) is 3.20. The maximum Gasteiger partial charge on any atom is 0.188 e. The number of likely N-dealkylation sites (N-methyl/N-ethyl adjacent to an activating group) is 1. The lowest BCUT2D eigenvalue weighted by Gasteiger charge is -2.32. The molecule has 3 N–H and O–H groups in total. The van der Waals surface area contributed by atoms with E-state index >= 15 is 0 Å². The van der Waals surface area contributed by atoms with Gasteiger partial charge in [0.05, 0.1) is 0 Å². The van der Waals surface area contributed by atoms with Crippen LogP contribution in [0.5, 0.6) is 0 Å². The highest BCUT2D eigenvalue weighted by Gasteiger charge is 2.12. The van der Waals surface area contributed by atoms with Gasteiger partial charge in [-0.1, -0.05) is 0 Å². The fourth-order valence-electron chi connectivity index (χ4n) is 2.06. The van der Waals surface area contributed by atoms with Crippen LogP contribution in [-0.4, -0.2) is 68.1 Å². The summed E-state index contributed by atoms with van der Waals surface area (Å²) in [5, 5.41) is 3.10.